The smallest absolute Gasteiger partial charge is 0.312 e. The summed E-state index contributed by atoms with van der Waals surface area (Å²) >= 11 is 1.32. The Hall–Kier alpha value is -3.93. The van der Waals surface area contributed by atoms with Gasteiger partial charge in [-0.1, -0.05) is 30.0 Å². The number of benzene rings is 1. The SMILES string of the molecule is Cc1ccccc1OCc1ccc(/C=N/n2c(C)nnc2SCn2nc(C)c([N+](=O)[O-])c2C)o1. The summed E-state index contributed by atoms with van der Waals surface area (Å²) < 4.78 is 14.8. The van der Waals surface area contributed by atoms with Crippen LogP contribution in [0.5, 0.6) is 5.75 Å². The van der Waals surface area contributed by atoms with E-state index in [4.69, 9.17) is 9.15 Å². The molecular weight excluding hydrogens is 458 g/mol. The molecule has 0 atom stereocenters. The number of ether oxygens (including phenoxy) is 1. The van der Waals surface area contributed by atoms with Gasteiger partial charge in [0.05, 0.1) is 17.0 Å². The zero-order valence-corrected chi connectivity index (χ0v) is 19.9. The van der Waals surface area contributed by atoms with Crippen molar-refractivity contribution in [1.29, 1.82) is 0 Å². The first kappa shape index (κ1) is 23.2. The molecule has 3 heterocycles. The molecular formula is C22H23N7O4S. The Morgan fingerprint density at radius 2 is 1.97 bits per heavy atom. The van der Waals surface area contributed by atoms with Crippen LogP contribution in [0.4, 0.5) is 5.69 Å². The third kappa shape index (κ3) is 5.01. The molecule has 0 saturated carbocycles. The Morgan fingerprint density at radius 3 is 2.71 bits per heavy atom. The van der Waals surface area contributed by atoms with Crippen LogP contribution < -0.4 is 4.74 Å². The number of thioether (sulfide) groups is 1. The van der Waals surface area contributed by atoms with E-state index in [0.29, 0.717) is 46.4 Å². The van der Waals surface area contributed by atoms with Crippen molar-refractivity contribution < 1.29 is 14.1 Å². The zero-order chi connectivity index (χ0) is 24.2. The second kappa shape index (κ2) is 9.91. The summed E-state index contributed by atoms with van der Waals surface area (Å²) in [6.45, 7) is 7.37. The van der Waals surface area contributed by atoms with Crippen molar-refractivity contribution in [2.75, 3.05) is 0 Å². The molecule has 12 heteroatoms. The largest absolute Gasteiger partial charge is 0.485 e. The standard InChI is InChI=1S/C22H23N7O4S/c1-14-7-5-6-8-20(14)32-12-19-10-9-18(33-19)11-23-28-17(4)24-25-22(28)34-13-27-16(3)21(29(30)31)15(2)26-27/h5-11H,12-13H2,1-4H3/b23-11+. The Bertz CT molecular complexity index is 1360. The van der Waals surface area contributed by atoms with Crippen LogP contribution in [0, 0.1) is 37.8 Å². The summed E-state index contributed by atoms with van der Waals surface area (Å²) in [7, 11) is 0. The molecule has 4 rings (SSSR count). The highest BCUT2D eigenvalue weighted by Gasteiger charge is 2.22. The van der Waals surface area contributed by atoms with E-state index in [-0.39, 0.29) is 5.69 Å². The number of aromatic nitrogens is 5. The lowest BCUT2D eigenvalue weighted by Gasteiger charge is -2.06. The lowest BCUT2D eigenvalue weighted by Crippen LogP contribution is -2.02. The van der Waals surface area contributed by atoms with E-state index in [1.54, 1.807) is 36.3 Å². The van der Waals surface area contributed by atoms with Gasteiger partial charge in [0, 0.05) is 0 Å². The molecule has 0 aliphatic carbocycles. The molecule has 0 saturated heterocycles. The normalized spacial score (nSPS) is 11.4. The number of nitrogens with zero attached hydrogens (tertiary/aromatic N) is 7. The van der Waals surface area contributed by atoms with Gasteiger partial charge in [-0.3, -0.25) is 14.8 Å². The molecule has 0 bridgehead atoms. The van der Waals surface area contributed by atoms with Crippen molar-refractivity contribution >= 4 is 23.7 Å². The van der Waals surface area contributed by atoms with Crippen LogP contribution in [0.25, 0.3) is 0 Å². The summed E-state index contributed by atoms with van der Waals surface area (Å²) in [4.78, 5) is 10.8. The van der Waals surface area contributed by atoms with Crippen molar-refractivity contribution in [3.05, 3.63) is 80.8 Å². The number of furan rings is 1. The number of hydrogen-bond acceptors (Lipinski definition) is 9. The molecule has 4 aromatic rings. The minimum atomic E-state index is -0.417. The second-order valence-electron chi connectivity index (χ2n) is 7.49. The van der Waals surface area contributed by atoms with E-state index < -0.39 is 4.92 Å². The summed E-state index contributed by atoms with van der Waals surface area (Å²) in [6, 6.07) is 11.4. The van der Waals surface area contributed by atoms with Crippen molar-refractivity contribution in [3.63, 3.8) is 0 Å². The van der Waals surface area contributed by atoms with Crippen LogP contribution in [0.2, 0.25) is 0 Å². The fourth-order valence-corrected chi connectivity index (χ4v) is 4.17. The van der Waals surface area contributed by atoms with E-state index in [1.807, 2.05) is 43.3 Å². The Labute approximate surface area is 199 Å². The highest BCUT2D eigenvalue weighted by atomic mass is 32.2. The van der Waals surface area contributed by atoms with Crippen LogP contribution in [-0.4, -0.2) is 35.8 Å². The van der Waals surface area contributed by atoms with E-state index in [2.05, 4.69) is 20.4 Å². The molecule has 11 nitrogen and oxygen atoms in total. The molecule has 34 heavy (non-hydrogen) atoms. The minimum Gasteiger partial charge on any atom is -0.485 e. The van der Waals surface area contributed by atoms with Gasteiger partial charge in [0.1, 0.15) is 35.3 Å². The lowest BCUT2D eigenvalue weighted by molar-refractivity contribution is -0.386. The summed E-state index contributed by atoms with van der Waals surface area (Å²) in [6.07, 6.45) is 1.58. The molecule has 0 unspecified atom stereocenters. The minimum absolute atomic E-state index is 0.0243. The van der Waals surface area contributed by atoms with E-state index >= 15 is 0 Å². The van der Waals surface area contributed by atoms with Gasteiger partial charge in [0.25, 0.3) is 0 Å². The summed E-state index contributed by atoms with van der Waals surface area (Å²) in [5.41, 5.74) is 1.94. The van der Waals surface area contributed by atoms with Gasteiger partial charge >= 0.3 is 5.69 Å². The zero-order valence-electron chi connectivity index (χ0n) is 19.1. The van der Waals surface area contributed by atoms with Crippen LogP contribution >= 0.6 is 11.8 Å². The first-order valence-corrected chi connectivity index (χ1v) is 11.4. The van der Waals surface area contributed by atoms with Crippen molar-refractivity contribution in [2.24, 2.45) is 5.10 Å². The number of hydrogen-bond donors (Lipinski definition) is 0. The van der Waals surface area contributed by atoms with Gasteiger partial charge in [-0.15, -0.1) is 10.2 Å². The quantitative estimate of drug-likeness (QED) is 0.149. The summed E-state index contributed by atoms with van der Waals surface area (Å²) in [5, 5.41) is 28.7. The average molecular weight is 482 g/mol. The van der Waals surface area contributed by atoms with Gasteiger partial charge in [-0.2, -0.15) is 14.9 Å². The highest BCUT2D eigenvalue weighted by molar-refractivity contribution is 7.98. The fourth-order valence-electron chi connectivity index (χ4n) is 3.28. The van der Waals surface area contributed by atoms with Crippen molar-refractivity contribution in [3.8, 4) is 5.75 Å². The summed E-state index contributed by atoms with van der Waals surface area (Å²) in [5.74, 6) is 2.96. The molecule has 0 spiro atoms. The van der Waals surface area contributed by atoms with Crippen LogP contribution in [0.1, 0.15) is 34.3 Å². The van der Waals surface area contributed by atoms with Gasteiger partial charge in [-0.25, -0.2) is 0 Å². The Kier molecular flexibility index (Phi) is 6.77. The molecule has 0 N–H and O–H groups in total. The molecule has 176 valence electrons. The fraction of sp³-hybridized carbons (Fsp3) is 0.273. The van der Waals surface area contributed by atoms with Crippen molar-refractivity contribution in [1.82, 2.24) is 24.7 Å². The molecule has 0 amide bonds. The Morgan fingerprint density at radius 1 is 1.18 bits per heavy atom. The van der Waals surface area contributed by atoms with E-state index in [1.165, 1.54) is 11.8 Å². The number of aryl methyl sites for hydroxylation is 3. The first-order chi connectivity index (χ1) is 16.3. The third-order valence-corrected chi connectivity index (χ3v) is 5.94. The maximum absolute atomic E-state index is 11.2. The lowest BCUT2D eigenvalue weighted by atomic mass is 10.2. The third-order valence-electron chi connectivity index (χ3n) is 5.06. The second-order valence-corrected chi connectivity index (χ2v) is 8.41. The molecule has 0 aliphatic rings. The molecule has 1 aromatic carbocycles. The molecule has 3 aromatic heterocycles. The van der Waals surface area contributed by atoms with E-state index in [9.17, 15) is 10.1 Å². The van der Waals surface area contributed by atoms with Gasteiger partial charge in [-0.05, 0) is 51.5 Å². The van der Waals surface area contributed by atoms with E-state index in [0.717, 1.165) is 11.3 Å². The van der Waals surface area contributed by atoms with Crippen LogP contribution in [-0.2, 0) is 12.5 Å². The topological polar surface area (TPSA) is 126 Å². The van der Waals surface area contributed by atoms with Gasteiger partial charge < -0.3 is 9.15 Å². The predicted octanol–water partition coefficient (Wildman–Crippen LogP) is 4.42. The van der Waals surface area contributed by atoms with Crippen LogP contribution in [0.3, 0.4) is 0 Å². The average Bonchev–Trinajstić information content (AvgIpc) is 3.47. The highest BCUT2D eigenvalue weighted by Crippen LogP contribution is 2.26. The van der Waals surface area contributed by atoms with Crippen molar-refractivity contribution in [2.45, 2.75) is 45.3 Å². The molecule has 0 fully saturated rings. The van der Waals surface area contributed by atoms with Crippen LogP contribution in [0.15, 0.2) is 51.1 Å². The Balaban J connectivity index is 1.42. The number of rotatable bonds is 9. The maximum atomic E-state index is 11.2. The predicted molar refractivity (Wildman–Crippen MR) is 126 cm³/mol. The number of para-hydroxylation sites is 1. The maximum Gasteiger partial charge on any atom is 0.312 e. The first-order valence-electron chi connectivity index (χ1n) is 10.4. The monoisotopic (exact) mass is 481 g/mol. The van der Waals surface area contributed by atoms with Gasteiger partial charge in [0.15, 0.2) is 5.82 Å². The molecule has 0 aliphatic heterocycles. The number of nitro groups is 1. The van der Waals surface area contributed by atoms with Gasteiger partial charge in [0.2, 0.25) is 5.16 Å². The molecule has 0 radical (unpaired) electrons.